The van der Waals surface area contributed by atoms with E-state index in [9.17, 15) is 4.39 Å². The third-order valence-electron chi connectivity index (χ3n) is 1.56. The highest BCUT2D eigenvalue weighted by Crippen LogP contribution is 2.27. The Labute approximate surface area is 88.5 Å². The molecule has 0 unspecified atom stereocenters. The van der Waals surface area contributed by atoms with Crippen molar-refractivity contribution in [3.63, 3.8) is 0 Å². The topological polar surface area (TPSA) is 38.9 Å². The lowest BCUT2D eigenvalue weighted by atomic mass is 10.2. The van der Waals surface area contributed by atoms with Gasteiger partial charge in [0, 0.05) is 0 Å². The van der Waals surface area contributed by atoms with Crippen molar-refractivity contribution >= 4 is 23.2 Å². The van der Waals surface area contributed by atoms with Crippen LogP contribution < -0.4 is 0 Å². The van der Waals surface area contributed by atoms with Crippen LogP contribution in [0.3, 0.4) is 0 Å². The van der Waals surface area contributed by atoms with Crippen LogP contribution in [0, 0.1) is 5.82 Å². The number of benzene rings is 1. The first-order chi connectivity index (χ1) is 6.66. The van der Waals surface area contributed by atoms with E-state index in [4.69, 9.17) is 27.6 Å². The zero-order valence-electron chi connectivity index (χ0n) is 6.67. The van der Waals surface area contributed by atoms with Crippen molar-refractivity contribution in [3.8, 4) is 11.5 Å². The number of nitrogens with zero attached hydrogens (tertiary/aromatic N) is 2. The molecule has 2 rings (SSSR count). The van der Waals surface area contributed by atoms with Gasteiger partial charge in [-0.1, -0.05) is 16.7 Å². The van der Waals surface area contributed by atoms with Crippen LogP contribution in [-0.4, -0.2) is 10.2 Å². The van der Waals surface area contributed by atoms with Crippen LogP contribution in [0.1, 0.15) is 0 Å². The number of aromatic nitrogens is 2. The molecule has 0 fully saturated rings. The molecule has 1 heterocycles. The summed E-state index contributed by atoms with van der Waals surface area (Å²) in [6.45, 7) is 0. The maximum absolute atomic E-state index is 12.7. The van der Waals surface area contributed by atoms with Gasteiger partial charge in [-0.05, 0) is 29.8 Å². The summed E-state index contributed by atoms with van der Waals surface area (Å²) in [5.41, 5.74) is 0.451. The molecule has 0 aliphatic carbocycles. The van der Waals surface area contributed by atoms with E-state index in [2.05, 4.69) is 10.2 Å². The molecule has 0 spiro atoms. The molecular weight excluding hydrogens is 230 g/mol. The van der Waals surface area contributed by atoms with Crippen molar-refractivity contribution in [3.05, 3.63) is 34.4 Å². The summed E-state index contributed by atoms with van der Waals surface area (Å²) < 4.78 is 17.6. The fourth-order valence-corrected chi connectivity index (χ4v) is 1.34. The second-order valence-corrected chi connectivity index (χ2v) is 3.21. The first-order valence-corrected chi connectivity index (χ1v) is 4.37. The Kier molecular flexibility index (Phi) is 2.39. The Morgan fingerprint density at radius 2 is 2.00 bits per heavy atom. The van der Waals surface area contributed by atoms with E-state index >= 15 is 0 Å². The van der Waals surface area contributed by atoms with E-state index in [1.165, 1.54) is 12.1 Å². The van der Waals surface area contributed by atoms with E-state index in [1.54, 1.807) is 0 Å². The molecule has 1 aromatic heterocycles. The molecule has 3 nitrogen and oxygen atoms in total. The molecule has 14 heavy (non-hydrogen) atoms. The molecule has 0 amide bonds. The standard InChI is InChI=1S/C8H3Cl2FN2O/c9-6-3-4(11)1-2-5(6)7-12-13-8(10)14-7/h1-3H. The Balaban J connectivity index is 2.52. The van der Waals surface area contributed by atoms with Crippen LogP contribution in [0.2, 0.25) is 10.4 Å². The van der Waals surface area contributed by atoms with Crippen LogP contribution in [-0.2, 0) is 0 Å². The fourth-order valence-electron chi connectivity index (χ4n) is 0.977. The van der Waals surface area contributed by atoms with E-state index in [0.29, 0.717) is 5.56 Å². The van der Waals surface area contributed by atoms with E-state index < -0.39 is 5.82 Å². The lowest BCUT2D eigenvalue weighted by molar-refractivity contribution is 0.570. The molecule has 1 aromatic carbocycles. The Morgan fingerprint density at radius 1 is 1.21 bits per heavy atom. The van der Waals surface area contributed by atoms with E-state index in [-0.39, 0.29) is 16.3 Å². The van der Waals surface area contributed by atoms with Gasteiger partial charge < -0.3 is 4.42 Å². The van der Waals surface area contributed by atoms with Gasteiger partial charge in [0.1, 0.15) is 5.82 Å². The largest absolute Gasteiger partial charge is 0.407 e. The van der Waals surface area contributed by atoms with Crippen LogP contribution in [0.15, 0.2) is 22.6 Å². The van der Waals surface area contributed by atoms with Gasteiger partial charge >= 0.3 is 5.35 Å². The van der Waals surface area contributed by atoms with Crippen molar-refractivity contribution in [1.29, 1.82) is 0 Å². The maximum Gasteiger partial charge on any atom is 0.313 e. The van der Waals surface area contributed by atoms with Gasteiger partial charge in [0.05, 0.1) is 10.6 Å². The monoisotopic (exact) mass is 232 g/mol. The fraction of sp³-hybridized carbons (Fsp3) is 0. The van der Waals surface area contributed by atoms with Gasteiger partial charge in [-0.15, -0.1) is 5.10 Å². The van der Waals surface area contributed by atoms with Crippen molar-refractivity contribution in [1.82, 2.24) is 10.2 Å². The quantitative estimate of drug-likeness (QED) is 0.759. The number of hydrogen-bond acceptors (Lipinski definition) is 3. The maximum atomic E-state index is 12.7. The predicted molar refractivity (Wildman–Crippen MR) is 49.7 cm³/mol. The minimum Gasteiger partial charge on any atom is -0.407 e. The average molecular weight is 233 g/mol. The molecule has 0 saturated carbocycles. The summed E-state index contributed by atoms with van der Waals surface area (Å²) in [5.74, 6) is -0.260. The minimum atomic E-state index is -0.427. The van der Waals surface area contributed by atoms with Gasteiger partial charge in [-0.3, -0.25) is 0 Å². The SMILES string of the molecule is Fc1ccc(-c2nnc(Cl)o2)c(Cl)c1. The van der Waals surface area contributed by atoms with Gasteiger partial charge in [0.25, 0.3) is 5.89 Å². The van der Waals surface area contributed by atoms with Gasteiger partial charge in [-0.2, -0.15) is 0 Å². The molecule has 0 bridgehead atoms. The van der Waals surface area contributed by atoms with Gasteiger partial charge in [-0.25, -0.2) is 4.39 Å². The molecule has 2 aromatic rings. The van der Waals surface area contributed by atoms with Crippen molar-refractivity contribution in [2.45, 2.75) is 0 Å². The lowest BCUT2D eigenvalue weighted by Crippen LogP contribution is -1.81. The number of halogens is 3. The molecule has 0 atom stereocenters. The number of hydrogen-bond donors (Lipinski definition) is 0. The molecule has 0 aliphatic heterocycles. The van der Waals surface area contributed by atoms with E-state index in [0.717, 1.165) is 6.07 Å². The van der Waals surface area contributed by atoms with Crippen LogP contribution >= 0.6 is 23.2 Å². The Bertz CT molecular complexity index is 472. The zero-order chi connectivity index (χ0) is 10.1. The van der Waals surface area contributed by atoms with Gasteiger partial charge in [0.2, 0.25) is 0 Å². The zero-order valence-corrected chi connectivity index (χ0v) is 8.18. The highest BCUT2D eigenvalue weighted by atomic mass is 35.5. The van der Waals surface area contributed by atoms with Crippen LogP contribution in [0.25, 0.3) is 11.5 Å². The highest BCUT2D eigenvalue weighted by molar-refractivity contribution is 6.33. The third kappa shape index (κ3) is 1.71. The normalized spacial score (nSPS) is 10.5. The predicted octanol–water partition coefficient (Wildman–Crippen LogP) is 3.18. The summed E-state index contributed by atoms with van der Waals surface area (Å²) in [4.78, 5) is 0. The molecular formula is C8H3Cl2FN2O. The third-order valence-corrected chi connectivity index (χ3v) is 2.03. The molecule has 0 radical (unpaired) electrons. The van der Waals surface area contributed by atoms with Gasteiger partial charge in [0.15, 0.2) is 0 Å². The Hall–Kier alpha value is -1.13. The Morgan fingerprint density at radius 3 is 2.57 bits per heavy atom. The van der Waals surface area contributed by atoms with Crippen LogP contribution in [0.5, 0.6) is 0 Å². The second kappa shape index (κ2) is 3.55. The first-order valence-electron chi connectivity index (χ1n) is 3.61. The molecule has 6 heteroatoms. The lowest BCUT2D eigenvalue weighted by Gasteiger charge is -1.97. The summed E-state index contributed by atoms with van der Waals surface area (Å²) >= 11 is 11.2. The average Bonchev–Trinajstić information content (AvgIpc) is 2.51. The smallest absolute Gasteiger partial charge is 0.313 e. The van der Waals surface area contributed by atoms with E-state index in [1.807, 2.05) is 0 Å². The summed E-state index contributed by atoms with van der Waals surface area (Å²) in [6.07, 6.45) is 0. The summed E-state index contributed by atoms with van der Waals surface area (Å²) in [5, 5.41) is 7.19. The molecule has 0 saturated heterocycles. The summed E-state index contributed by atoms with van der Waals surface area (Å²) in [7, 11) is 0. The van der Waals surface area contributed by atoms with Crippen molar-refractivity contribution in [2.24, 2.45) is 0 Å². The van der Waals surface area contributed by atoms with Crippen molar-refractivity contribution < 1.29 is 8.81 Å². The molecule has 0 aliphatic rings. The van der Waals surface area contributed by atoms with Crippen molar-refractivity contribution in [2.75, 3.05) is 0 Å². The molecule has 72 valence electrons. The summed E-state index contributed by atoms with van der Waals surface area (Å²) in [6, 6.07) is 3.86. The van der Waals surface area contributed by atoms with Crippen LogP contribution in [0.4, 0.5) is 4.39 Å². The molecule has 0 N–H and O–H groups in total. The highest BCUT2D eigenvalue weighted by Gasteiger charge is 2.11. The first kappa shape index (κ1) is 9.43. The minimum absolute atomic E-state index is 0.0830. The second-order valence-electron chi connectivity index (χ2n) is 2.48. The number of rotatable bonds is 1.